The Labute approximate surface area is 182 Å². The first-order valence-electron chi connectivity index (χ1n) is 9.95. The molecule has 4 atom stereocenters. The fourth-order valence-electron chi connectivity index (χ4n) is 3.45. The number of anilines is 1. The number of nitrogens with zero attached hydrogens (tertiary/aromatic N) is 4. The number of imidazole rings is 1. The van der Waals surface area contributed by atoms with Crippen molar-refractivity contribution in [2.75, 3.05) is 18.0 Å². The minimum Gasteiger partial charge on any atom is -0.387 e. The minimum absolute atomic E-state index is 0.208. The fraction of sp³-hybridized carbons (Fsp3) is 0.400. The summed E-state index contributed by atoms with van der Waals surface area (Å²) in [6.07, 6.45) is -2.70. The predicted octanol–water partition coefficient (Wildman–Crippen LogP) is 0.499. The number of hydrogen-bond donors (Lipinski definition) is 4. The van der Waals surface area contributed by atoms with Crippen LogP contribution in [-0.2, 0) is 16.0 Å². The fourth-order valence-corrected chi connectivity index (χ4v) is 4.29. The zero-order chi connectivity index (χ0) is 22.0. The Morgan fingerprint density at radius 2 is 2.03 bits per heavy atom. The highest BCUT2D eigenvalue weighted by atomic mass is 32.2. The van der Waals surface area contributed by atoms with Crippen LogP contribution in [0.5, 0.6) is 0 Å². The molecule has 0 radical (unpaired) electrons. The van der Waals surface area contributed by atoms with E-state index in [0.29, 0.717) is 22.9 Å². The standard InChI is InChI=1S/C20H24N6O4S/c1-2-22-18(29)15-13(27)14(28)19(30-15)26-10-23-12-16(21)24-20(25-17(12)26)31-9-8-11-6-4-3-5-7-11/h3-7,10,13-15,19,27-28H,2,8-9H2,1H3,(H,22,29)(H2,21,24,25). The summed E-state index contributed by atoms with van der Waals surface area (Å²) < 4.78 is 7.15. The maximum absolute atomic E-state index is 12.1. The number of rotatable bonds is 7. The summed E-state index contributed by atoms with van der Waals surface area (Å²) in [5.74, 6) is 0.468. The Morgan fingerprint density at radius 1 is 1.26 bits per heavy atom. The number of hydrogen-bond acceptors (Lipinski definition) is 9. The van der Waals surface area contributed by atoms with Crippen molar-refractivity contribution in [3.05, 3.63) is 42.2 Å². The van der Waals surface area contributed by atoms with Crippen molar-refractivity contribution in [2.45, 2.75) is 43.0 Å². The average Bonchev–Trinajstić information content (AvgIpc) is 3.31. The van der Waals surface area contributed by atoms with Crippen LogP contribution in [0.2, 0.25) is 0 Å². The second kappa shape index (κ2) is 9.18. The van der Waals surface area contributed by atoms with Crippen molar-refractivity contribution in [1.29, 1.82) is 0 Å². The van der Waals surface area contributed by atoms with Gasteiger partial charge in [0.2, 0.25) is 0 Å². The number of fused-ring (bicyclic) bond motifs is 1. The van der Waals surface area contributed by atoms with Gasteiger partial charge in [-0.2, -0.15) is 0 Å². The molecule has 10 nitrogen and oxygen atoms in total. The molecule has 3 heterocycles. The van der Waals surface area contributed by atoms with Crippen molar-refractivity contribution in [1.82, 2.24) is 24.8 Å². The quantitative estimate of drug-likeness (QED) is 0.302. The summed E-state index contributed by atoms with van der Waals surface area (Å²) in [4.78, 5) is 25.2. The third-order valence-corrected chi connectivity index (χ3v) is 5.86. The van der Waals surface area contributed by atoms with Crippen LogP contribution in [0, 0.1) is 0 Å². The highest BCUT2D eigenvalue weighted by molar-refractivity contribution is 7.99. The van der Waals surface area contributed by atoms with E-state index in [1.165, 1.54) is 28.2 Å². The molecule has 1 fully saturated rings. The zero-order valence-electron chi connectivity index (χ0n) is 16.9. The van der Waals surface area contributed by atoms with Gasteiger partial charge >= 0.3 is 0 Å². The average molecular weight is 445 g/mol. The second-order valence-corrected chi connectivity index (χ2v) is 8.18. The van der Waals surface area contributed by atoms with Gasteiger partial charge in [-0.25, -0.2) is 15.0 Å². The number of aromatic nitrogens is 4. The number of aliphatic hydroxyl groups is 2. The number of aliphatic hydroxyl groups excluding tert-OH is 2. The summed E-state index contributed by atoms with van der Waals surface area (Å²) in [6.45, 7) is 2.14. The summed E-state index contributed by atoms with van der Waals surface area (Å²) in [5.41, 5.74) is 8.01. The number of carbonyl (C=O) groups is 1. The van der Waals surface area contributed by atoms with Gasteiger partial charge in [-0.15, -0.1) is 0 Å². The molecule has 5 N–H and O–H groups in total. The van der Waals surface area contributed by atoms with Crippen LogP contribution in [0.1, 0.15) is 18.7 Å². The van der Waals surface area contributed by atoms with E-state index in [-0.39, 0.29) is 5.82 Å². The Morgan fingerprint density at radius 3 is 2.77 bits per heavy atom. The highest BCUT2D eigenvalue weighted by Gasteiger charge is 2.47. The molecule has 0 aliphatic carbocycles. The molecule has 1 aliphatic rings. The molecule has 0 spiro atoms. The largest absolute Gasteiger partial charge is 0.387 e. The van der Waals surface area contributed by atoms with Crippen LogP contribution in [0.3, 0.4) is 0 Å². The molecular weight excluding hydrogens is 420 g/mol. The van der Waals surface area contributed by atoms with Crippen molar-refractivity contribution in [3.63, 3.8) is 0 Å². The minimum atomic E-state index is -1.38. The third-order valence-electron chi connectivity index (χ3n) is 5.01. The van der Waals surface area contributed by atoms with Gasteiger partial charge in [-0.1, -0.05) is 42.1 Å². The molecule has 1 amide bonds. The maximum atomic E-state index is 12.1. The van der Waals surface area contributed by atoms with E-state index in [9.17, 15) is 15.0 Å². The van der Waals surface area contributed by atoms with Crippen LogP contribution < -0.4 is 11.1 Å². The molecule has 3 aromatic rings. The van der Waals surface area contributed by atoms with Crippen LogP contribution in [0.4, 0.5) is 5.82 Å². The lowest BCUT2D eigenvalue weighted by Crippen LogP contribution is -2.42. The molecule has 1 saturated heterocycles. The Balaban J connectivity index is 1.55. The highest BCUT2D eigenvalue weighted by Crippen LogP contribution is 2.33. The zero-order valence-corrected chi connectivity index (χ0v) is 17.7. The van der Waals surface area contributed by atoms with Crippen LogP contribution in [0.25, 0.3) is 11.2 Å². The van der Waals surface area contributed by atoms with E-state index in [1.807, 2.05) is 18.2 Å². The van der Waals surface area contributed by atoms with Crippen LogP contribution in [-0.4, -0.2) is 66.2 Å². The summed E-state index contributed by atoms with van der Waals surface area (Å²) in [5, 5.41) is 23.9. The third kappa shape index (κ3) is 4.35. The summed E-state index contributed by atoms with van der Waals surface area (Å²) in [7, 11) is 0. The molecular formula is C20H24N6O4S. The number of ether oxygens (including phenoxy) is 1. The van der Waals surface area contributed by atoms with Gasteiger partial charge in [0.1, 0.15) is 17.7 Å². The van der Waals surface area contributed by atoms with Crippen molar-refractivity contribution >= 4 is 34.7 Å². The number of benzene rings is 1. The van der Waals surface area contributed by atoms with E-state index in [2.05, 4.69) is 32.4 Å². The van der Waals surface area contributed by atoms with Gasteiger partial charge in [0.15, 0.2) is 29.0 Å². The molecule has 11 heteroatoms. The van der Waals surface area contributed by atoms with E-state index in [1.54, 1.807) is 6.92 Å². The summed E-state index contributed by atoms with van der Waals surface area (Å²) in [6, 6.07) is 10.1. The van der Waals surface area contributed by atoms with Crippen LogP contribution >= 0.6 is 11.8 Å². The maximum Gasteiger partial charge on any atom is 0.252 e. The number of nitrogen functional groups attached to an aromatic ring is 1. The van der Waals surface area contributed by atoms with E-state index in [4.69, 9.17) is 10.5 Å². The van der Waals surface area contributed by atoms with Crippen molar-refractivity contribution in [2.24, 2.45) is 0 Å². The molecule has 1 aliphatic heterocycles. The molecule has 1 aromatic carbocycles. The van der Waals surface area contributed by atoms with E-state index >= 15 is 0 Å². The topological polar surface area (TPSA) is 148 Å². The molecule has 2 aromatic heterocycles. The van der Waals surface area contributed by atoms with Gasteiger partial charge in [-0.3, -0.25) is 9.36 Å². The van der Waals surface area contributed by atoms with Crippen molar-refractivity contribution < 1.29 is 19.7 Å². The number of aryl methyl sites for hydroxylation is 1. The number of carbonyl (C=O) groups excluding carboxylic acids is 1. The molecule has 4 unspecified atom stereocenters. The first kappa shape index (κ1) is 21.5. The normalized spacial score (nSPS) is 23.3. The smallest absolute Gasteiger partial charge is 0.252 e. The molecule has 164 valence electrons. The molecule has 4 rings (SSSR count). The number of nitrogens with two attached hydrogens (primary N) is 1. The van der Waals surface area contributed by atoms with Gasteiger partial charge in [0, 0.05) is 12.3 Å². The molecule has 0 bridgehead atoms. The molecule has 0 saturated carbocycles. The van der Waals surface area contributed by atoms with Gasteiger partial charge in [0.25, 0.3) is 5.91 Å². The Bertz CT molecular complexity index is 1060. The SMILES string of the molecule is CCNC(=O)C1OC(n2cnc3c(N)nc(SCCc4ccccc4)nc32)C(O)C1O. The lowest BCUT2D eigenvalue weighted by Gasteiger charge is -2.16. The lowest BCUT2D eigenvalue weighted by atomic mass is 10.1. The summed E-state index contributed by atoms with van der Waals surface area (Å²) >= 11 is 1.45. The number of thioether (sulfide) groups is 1. The van der Waals surface area contributed by atoms with Crippen LogP contribution in [0.15, 0.2) is 41.8 Å². The Kier molecular flexibility index (Phi) is 6.37. The monoisotopic (exact) mass is 444 g/mol. The number of nitrogens with one attached hydrogen (secondary N) is 1. The van der Waals surface area contributed by atoms with E-state index < -0.39 is 30.4 Å². The van der Waals surface area contributed by atoms with Crippen molar-refractivity contribution in [3.8, 4) is 0 Å². The number of amides is 1. The first-order chi connectivity index (χ1) is 15.0. The lowest BCUT2D eigenvalue weighted by molar-refractivity contribution is -0.137. The first-order valence-corrected chi connectivity index (χ1v) is 10.9. The van der Waals surface area contributed by atoms with Gasteiger partial charge in [-0.05, 0) is 18.9 Å². The van der Waals surface area contributed by atoms with Gasteiger partial charge in [0.05, 0.1) is 6.33 Å². The van der Waals surface area contributed by atoms with E-state index in [0.717, 1.165) is 12.2 Å². The number of likely N-dealkylation sites (N-methyl/N-ethyl adjacent to an activating group) is 1. The Hall–Kier alpha value is -2.73. The second-order valence-electron chi connectivity index (χ2n) is 7.12. The molecule has 31 heavy (non-hydrogen) atoms. The predicted molar refractivity (Wildman–Crippen MR) is 115 cm³/mol. The van der Waals surface area contributed by atoms with Gasteiger partial charge < -0.3 is 26.0 Å².